The van der Waals surface area contributed by atoms with Crippen molar-refractivity contribution in [2.75, 3.05) is 26.9 Å². The number of carbonyl (C=O) groups is 3. The van der Waals surface area contributed by atoms with E-state index in [1.807, 2.05) is 6.92 Å². The lowest BCUT2D eigenvalue weighted by Gasteiger charge is -2.38. The molecule has 0 aromatic heterocycles. The van der Waals surface area contributed by atoms with E-state index in [-0.39, 0.29) is 35.8 Å². The third kappa shape index (κ3) is 5.00. The zero-order chi connectivity index (χ0) is 24.1. The Hall–Kier alpha value is -3.00. The topological polar surface area (TPSA) is 90.9 Å². The summed E-state index contributed by atoms with van der Waals surface area (Å²) in [5, 5.41) is 3.15. The number of methoxy groups -OCH3 is 1. The van der Waals surface area contributed by atoms with Crippen LogP contribution in [0.3, 0.4) is 0 Å². The first kappa shape index (κ1) is 24.6. The van der Waals surface area contributed by atoms with Crippen molar-refractivity contribution < 1.29 is 33.0 Å². The predicted octanol–water partition coefficient (Wildman–Crippen LogP) is 3.41. The van der Waals surface area contributed by atoms with E-state index in [2.05, 4.69) is 5.32 Å². The first-order chi connectivity index (χ1) is 15.8. The Morgan fingerprint density at radius 3 is 2.58 bits per heavy atom. The number of nitrogens with one attached hydrogen (secondary N) is 1. The van der Waals surface area contributed by atoms with Gasteiger partial charge in [-0.1, -0.05) is 32.0 Å². The average molecular weight is 460 g/mol. The Kier molecular flexibility index (Phi) is 8.02. The smallest absolute Gasteiger partial charge is 0.336 e. The second-order valence-electron chi connectivity index (χ2n) is 8.31. The molecule has 178 valence electrons. The number of dihydropyridines is 1. The summed E-state index contributed by atoms with van der Waals surface area (Å²) >= 11 is 0. The number of hydrogen-bond donors (Lipinski definition) is 1. The number of benzene rings is 1. The number of esters is 2. The van der Waals surface area contributed by atoms with Gasteiger partial charge in [0.25, 0.3) is 0 Å². The molecule has 1 N–H and O–H groups in total. The minimum absolute atomic E-state index is 0.0290. The van der Waals surface area contributed by atoms with Crippen LogP contribution < -0.4 is 5.32 Å². The summed E-state index contributed by atoms with van der Waals surface area (Å²) < 4.78 is 30.6. The second-order valence-corrected chi connectivity index (χ2v) is 8.31. The van der Waals surface area contributed by atoms with Gasteiger partial charge in [-0.25, -0.2) is 9.18 Å². The van der Waals surface area contributed by atoms with Crippen LogP contribution >= 0.6 is 0 Å². The SMILES string of the molecule is CCCOCCOC(=O)C1=C(C)NC2=C(C(=O)[C@@H](C(=O)OC)[C@@H](C)C2)[C@@H]1c1ccccc1F. The molecule has 0 unspecified atom stereocenters. The van der Waals surface area contributed by atoms with E-state index in [4.69, 9.17) is 14.2 Å². The average Bonchev–Trinajstić information content (AvgIpc) is 2.78. The summed E-state index contributed by atoms with van der Waals surface area (Å²) in [5.74, 6) is -4.67. The van der Waals surface area contributed by atoms with Crippen molar-refractivity contribution in [1.82, 2.24) is 5.32 Å². The maximum Gasteiger partial charge on any atom is 0.336 e. The molecule has 0 bridgehead atoms. The van der Waals surface area contributed by atoms with Gasteiger partial charge in [-0.2, -0.15) is 0 Å². The summed E-state index contributed by atoms with van der Waals surface area (Å²) in [7, 11) is 1.23. The molecular formula is C25H30FNO6. The number of Topliss-reactive ketones (excluding diaryl/α,β-unsaturated/α-hetero) is 1. The number of ketones is 1. The van der Waals surface area contributed by atoms with Gasteiger partial charge in [0.15, 0.2) is 5.78 Å². The van der Waals surface area contributed by atoms with Crippen molar-refractivity contribution in [3.05, 3.63) is 58.2 Å². The first-order valence-electron chi connectivity index (χ1n) is 11.1. The molecule has 0 amide bonds. The quantitative estimate of drug-likeness (QED) is 0.362. The lowest BCUT2D eigenvalue weighted by Crippen LogP contribution is -2.43. The van der Waals surface area contributed by atoms with Crippen molar-refractivity contribution in [3.63, 3.8) is 0 Å². The molecule has 0 fully saturated rings. The van der Waals surface area contributed by atoms with Gasteiger partial charge in [-0.05, 0) is 31.7 Å². The Bertz CT molecular complexity index is 998. The minimum atomic E-state index is -1.03. The van der Waals surface area contributed by atoms with E-state index in [0.29, 0.717) is 24.4 Å². The number of rotatable bonds is 8. The van der Waals surface area contributed by atoms with Crippen LogP contribution in [0.5, 0.6) is 0 Å². The van der Waals surface area contributed by atoms with Crippen molar-refractivity contribution in [2.24, 2.45) is 11.8 Å². The van der Waals surface area contributed by atoms with E-state index < -0.39 is 35.4 Å². The van der Waals surface area contributed by atoms with Crippen LogP contribution in [0.15, 0.2) is 46.8 Å². The molecule has 0 spiro atoms. The maximum atomic E-state index is 15.0. The number of ether oxygens (including phenoxy) is 3. The van der Waals surface area contributed by atoms with E-state index in [1.165, 1.54) is 19.2 Å². The fourth-order valence-corrected chi connectivity index (χ4v) is 4.49. The van der Waals surface area contributed by atoms with E-state index in [1.54, 1.807) is 26.0 Å². The van der Waals surface area contributed by atoms with Crippen LogP contribution in [0.25, 0.3) is 0 Å². The molecule has 1 aromatic carbocycles. The molecule has 3 atom stereocenters. The molecule has 1 aliphatic carbocycles. The summed E-state index contributed by atoms with van der Waals surface area (Å²) in [6, 6.07) is 6.00. The van der Waals surface area contributed by atoms with Crippen LogP contribution in [-0.2, 0) is 28.6 Å². The van der Waals surface area contributed by atoms with Crippen LogP contribution in [0.2, 0.25) is 0 Å². The van der Waals surface area contributed by atoms with Gasteiger partial charge in [0, 0.05) is 29.1 Å². The lowest BCUT2D eigenvalue weighted by molar-refractivity contribution is -0.151. The van der Waals surface area contributed by atoms with E-state index in [9.17, 15) is 18.8 Å². The highest BCUT2D eigenvalue weighted by atomic mass is 19.1. The molecule has 1 aliphatic heterocycles. The number of halogens is 1. The van der Waals surface area contributed by atoms with Crippen LogP contribution in [0.1, 0.15) is 45.1 Å². The van der Waals surface area contributed by atoms with Gasteiger partial charge in [0.05, 0.1) is 25.2 Å². The van der Waals surface area contributed by atoms with Gasteiger partial charge in [-0.15, -0.1) is 0 Å². The van der Waals surface area contributed by atoms with Gasteiger partial charge in [-0.3, -0.25) is 9.59 Å². The molecule has 8 heteroatoms. The van der Waals surface area contributed by atoms with Crippen molar-refractivity contribution in [3.8, 4) is 0 Å². The molecule has 2 aliphatic rings. The second kappa shape index (κ2) is 10.7. The van der Waals surface area contributed by atoms with Gasteiger partial charge < -0.3 is 19.5 Å². The number of allylic oxidation sites excluding steroid dienone is 3. The van der Waals surface area contributed by atoms with Crippen molar-refractivity contribution >= 4 is 17.7 Å². The van der Waals surface area contributed by atoms with Gasteiger partial charge in [0.1, 0.15) is 18.3 Å². The molecule has 0 saturated carbocycles. The fraction of sp³-hybridized carbons (Fsp3) is 0.480. The Morgan fingerprint density at radius 2 is 1.91 bits per heavy atom. The maximum absolute atomic E-state index is 15.0. The highest BCUT2D eigenvalue weighted by molar-refractivity contribution is 6.12. The van der Waals surface area contributed by atoms with Gasteiger partial charge in [0.2, 0.25) is 0 Å². The fourth-order valence-electron chi connectivity index (χ4n) is 4.49. The summed E-state index contributed by atoms with van der Waals surface area (Å²) in [6.07, 6.45) is 1.23. The molecule has 3 rings (SSSR count). The monoisotopic (exact) mass is 459 g/mol. The summed E-state index contributed by atoms with van der Waals surface area (Å²) in [4.78, 5) is 39.1. The van der Waals surface area contributed by atoms with E-state index in [0.717, 1.165) is 6.42 Å². The molecule has 0 radical (unpaired) electrons. The largest absolute Gasteiger partial charge is 0.468 e. The minimum Gasteiger partial charge on any atom is -0.468 e. The highest BCUT2D eigenvalue weighted by Crippen LogP contribution is 2.46. The predicted molar refractivity (Wildman–Crippen MR) is 118 cm³/mol. The lowest BCUT2D eigenvalue weighted by atomic mass is 9.69. The summed E-state index contributed by atoms with van der Waals surface area (Å²) in [6.45, 7) is 6.28. The van der Waals surface area contributed by atoms with Crippen molar-refractivity contribution in [2.45, 2.75) is 39.5 Å². The standard InChI is InChI=1S/C25H30FNO6/c1-5-10-32-11-12-33-25(30)20-15(3)27-18-13-14(2)19(24(29)31-4)23(28)22(18)21(20)16-8-6-7-9-17(16)26/h6-9,14,19,21,27H,5,10-13H2,1-4H3/t14-,19-,21+/m0/s1. The third-order valence-corrected chi connectivity index (χ3v) is 5.99. The summed E-state index contributed by atoms with van der Waals surface area (Å²) in [5.41, 5.74) is 1.58. The number of hydrogen-bond acceptors (Lipinski definition) is 7. The van der Waals surface area contributed by atoms with Crippen molar-refractivity contribution in [1.29, 1.82) is 0 Å². The Labute approximate surface area is 193 Å². The zero-order valence-electron chi connectivity index (χ0n) is 19.4. The normalized spacial score (nSPS) is 22.6. The Balaban J connectivity index is 2.03. The molecule has 33 heavy (non-hydrogen) atoms. The molecule has 1 aromatic rings. The Morgan fingerprint density at radius 1 is 1.18 bits per heavy atom. The van der Waals surface area contributed by atoms with Gasteiger partial charge >= 0.3 is 11.9 Å². The van der Waals surface area contributed by atoms with Crippen LogP contribution in [-0.4, -0.2) is 44.7 Å². The third-order valence-electron chi connectivity index (χ3n) is 5.99. The molecule has 7 nitrogen and oxygen atoms in total. The molecular weight excluding hydrogens is 429 g/mol. The number of carbonyl (C=O) groups excluding carboxylic acids is 3. The highest BCUT2D eigenvalue weighted by Gasteiger charge is 2.47. The zero-order valence-corrected chi connectivity index (χ0v) is 19.4. The molecule has 1 heterocycles. The van der Waals surface area contributed by atoms with Crippen LogP contribution in [0, 0.1) is 17.7 Å². The molecule has 0 saturated heterocycles. The van der Waals surface area contributed by atoms with Crippen LogP contribution in [0.4, 0.5) is 4.39 Å². The first-order valence-corrected chi connectivity index (χ1v) is 11.1. The van der Waals surface area contributed by atoms with E-state index >= 15 is 0 Å².